The predicted octanol–water partition coefficient (Wildman–Crippen LogP) is 2.25. The van der Waals surface area contributed by atoms with E-state index in [9.17, 15) is 9.90 Å². The van der Waals surface area contributed by atoms with Crippen LogP contribution in [0.4, 0.5) is 0 Å². The Bertz CT molecular complexity index is 835. The maximum atomic E-state index is 11.9. The molecule has 5 heteroatoms. The zero-order chi connectivity index (χ0) is 14.1. The summed E-state index contributed by atoms with van der Waals surface area (Å²) in [6.07, 6.45) is 2.12. The second-order valence-corrected chi connectivity index (χ2v) is 4.45. The zero-order valence-electron chi connectivity index (χ0n) is 10.9. The van der Waals surface area contributed by atoms with Gasteiger partial charge in [-0.2, -0.15) is 4.98 Å². The van der Waals surface area contributed by atoms with E-state index in [1.165, 1.54) is 0 Å². The zero-order valence-corrected chi connectivity index (χ0v) is 10.9. The van der Waals surface area contributed by atoms with Crippen molar-refractivity contribution in [3.63, 3.8) is 0 Å². The smallest absolute Gasteiger partial charge is 0.258 e. The number of para-hydroxylation sites is 1. The fourth-order valence-corrected chi connectivity index (χ4v) is 2.23. The third kappa shape index (κ3) is 1.93. The van der Waals surface area contributed by atoms with E-state index in [1.807, 2.05) is 30.3 Å². The molecule has 0 saturated heterocycles. The molecule has 5 nitrogen and oxygen atoms in total. The first-order valence-corrected chi connectivity index (χ1v) is 6.37. The van der Waals surface area contributed by atoms with E-state index in [1.54, 1.807) is 13.1 Å². The van der Waals surface area contributed by atoms with Crippen molar-refractivity contribution in [3.8, 4) is 17.3 Å². The molecule has 0 atom stereocenters. The number of aromatic nitrogens is 3. The van der Waals surface area contributed by atoms with Crippen LogP contribution in [0.25, 0.3) is 22.3 Å². The van der Waals surface area contributed by atoms with E-state index in [2.05, 4.69) is 15.0 Å². The number of nitrogens with zero attached hydrogens (tertiary/aromatic N) is 2. The van der Waals surface area contributed by atoms with E-state index < -0.39 is 0 Å². The molecule has 0 aliphatic rings. The molecule has 3 aromatic rings. The molecule has 0 aliphatic carbocycles. The van der Waals surface area contributed by atoms with Crippen LogP contribution in [0.1, 0.15) is 12.5 Å². The van der Waals surface area contributed by atoms with Crippen LogP contribution in [-0.2, 0) is 6.42 Å². The van der Waals surface area contributed by atoms with Crippen LogP contribution in [0.2, 0.25) is 0 Å². The summed E-state index contributed by atoms with van der Waals surface area (Å²) in [6.45, 7) is 1.80. The molecular weight excluding hydrogens is 254 g/mol. The standard InChI is InChI=1S/C15H13N3O2/c1-2-10-14(19)17-13(18-15(10)20)11-7-3-5-9-6-4-8-16-12(9)11/h3-8H,2H2,1H3,(H2,17,18,19,20). The van der Waals surface area contributed by atoms with E-state index in [0.29, 0.717) is 23.4 Å². The van der Waals surface area contributed by atoms with Gasteiger partial charge >= 0.3 is 0 Å². The SMILES string of the molecule is CCc1c(O)nc(-c2cccc3cccnc23)[nH]c1=O. The van der Waals surface area contributed by atoms with Gasteiger partial charge in [0, 0.05) is 17.1 Å². The van der Waals surface area contributed by atoms with Crippen LogP contribution in [0.15, 0.2) is 41.3 Å². The Hall–Kier alpha value is -2.69. The lowest BCUT2D eigenvalue weighted by Gasteiger charge is -2.07. The molecule has 0 bridgehead atoms. The number of aromatic amines is 1. The van der Waals surface area contributed by atoms with Gasteiger partial charge in [0.15, 0.2) is 0 Å². The summed E-state index contributed by atoms with van der Waals surface area (Å²) in [5.74, 6) is 0.105. The molecule has 0 saturated carbocycles. The Labute approximate surface area is 115 Å². The summed E-state index contributed by atoms with van der Waals surface area (Å²) >= 11 is 0. The molecule has 0 amide bonds. The van der Waals surface area contributed by atoms with E-state index >= 15 is 0 Å². The molecule has 20 heavy (non-hydrogen) atoms. The van der Waals surface area contributed by atoms with Gasteiger partial charge in [0.05, 0.1) is 11.1 Å². The van der Waals surface area contributed by atoms with Crippen molar-refractivity contribution in [1.29, 1.82) is 0 Å². The molecule has 0 spiro atoms. The van der Waals surface area contributed by atoms with Gasteiger partial charge in [-0.25, -0.2) is 0 Å². The average molecular weight is 267 g/mol. The molecule has 2 aromatic heterocycles. The van der Waals surface area contributed by atoms with Gasteiger partial charge in [0.1, 0.15) is 5.82 Å². The van der Waals surface area contributed by atoms with E-state index in [4.69, 9.17) is 0 Å². The lowest BCUT2D eigenvalue weighted by molar-refractivity contribution is 0.444. The fourth-order valence-electron chi connectivity index (χ4n) is 2.23. The largest absolute Gasteiger partial charge is 0.493 e. The van der Waals surface area contributed by atoms with Crippen LogP contribution in [-0.4, -0.2) is 20.1 Å². The number of benzene rings is 1. The highest BCUT2D eigenvalue weighted by Gasteiger charge is 2.12. The Balaban J connectivity index is 2.29. The summed E-state index contributed by atoms with van der Waals surface area (Å²) in [4.78, 5) is 23.0. The summed E-state index contributed by atoms with van der Waals surface area (Å²) in [7, 11) is 0. The third-order valence-corrected chi connectivity index (χ3v) is 3.24. The van der Waals surface area contributed by atoms with Crippen LogP contribution in [0.3, 0.4) is 0 Å². The van der Waals surface area contributed by atoms with Crippen molar-refractivity contribution in [2.45, 2.75) is 13.3 Å². The molecule has 3 rings (SSSR count). The summed E-state index contributed by atoms with van der Waals surface area (Å²) in [6, 6.07) is 9.40. The van der Waals surface area contributed by atoms with Crippen molar-refractivity contribution in [1.82, 2.24) is 15.0 Å². The maximum absolute atomic E-state index is 11.9. The van der Waals surface area contributed by atoms with E-state index in [-0.39, 0.29) is 11.4 Å². The van der Waals surface area contributed by atoms with Gasteiger partial charge in [0.2, 0.25) is 5.88 Å². The minimum atomic E-state index is -0.317. The number of hydrogen-bond donors (Lipinski definition) is 2. The third-order valence-electron chi connectivity index (χ3n) is 3.24. The Morgan fingerprint density at radius 3 is 2.80 bits per heavy atom. The molecule has 0 fully saturated rings. The minimum absolute atomic E-state index is 0.223. The Kier molecular flexibility index (Phi) is 2.95. The Morgan fingerprint density at radius 1 is 1.25 bits per heavy atom. The predicted molar refractivity (Wildman–Crippen MR) is 76.6 cm³/mol. The minimum Gasteiger partial charge on any atom is -0.493 e. The highest BCUT2D eigenvalue weighted by atomic mass is 16.3. The normalized spacial score (nSPS) is 10.8. The molecule has 2 heterocycles. The first-order valence-electron chi connectivity index (χ1n) is 6.37. The van der Waals surface area contributed by atoms with Crippen LogP contribution >= 0.6 is 0 Å². The van der Waals surface area contributed by atoms with Crippen molar-refractivity contribution < 1.29 is 5.11 Å². The second-order valence-electron chi connectivity index (χ2n) is 4.45. The number of pyridine rings is 1. The lowest BCUT2D eigenvalue weighted by Crippen LogP contribution is -2.14. The lowest BCUT2D eigenvalue weighted by atomic mass is 10.1. The highest BCUT2D eigenvalue weighted by Crippen LogP contribution is 2.25. The molecule has 0 radical (unpaired) electrons. The fraction of sp³-hybridized carbons (Fsp3) is 0.133. The van der Waals surface area contributed by atoms with Gasteiger partial charge in [-0.05, 0) is 18.6 Å². The van der Waals surface area contributed by atoms with Gasteiger partial charge in [-0.3, -0.25) is 9.78 Å². The quantitative estimate of drug-likeness (QED) is 0.746. The number of aromatic hydroxyl groups is 1. The van der Waals surface area contributed by atoms with Crippen molar-refractivity contribution in [2.24, 2.45) is 0 Å². The molecule has 2 N–H and O–H groups in total. The molecule has 1 aromatic carbocycles. The monoisotopic (exact) mass is 267 g/mol. The van der Waals surface area contributed by atoms with Crippen LogP contribution in [0, 0.1) is 0 Å². The van der Waals surface area contributed by atoms with Gasteiger partial charge in [0.25, 0.3) is 5.56 Å². The summed E-state index contributed by atoms with van der Waals surface area (Å²) in [5.41, 5.74) is 1.41. The van der Waals surface area contributed by atoms with Crippen molar-refractivity contribution in [2.75, 3.05) is 0 Å². The number of hydrogen-bond acceptors (Lipinski definition) is 4. The van der Waals surface area contributed by atoms with Gasteiger partial charge < -0.3 is 10.1 Å². The number of H-pyrrole nitrogens is 1. The number of fused-ring (bicyclic) bond motifs is 1. The Morgan fingerprint density at radius 2 is 2.05 bits per heavy atom. The first kappa shape index (κ1) is 12.3. The topological polar surface area (TPSA) is 78.9 Å². The molecular formula is C15H13N3O2. The number of nitrogens with one attached hydrogen (secondary N) is 1. The first-order chi connectivity index (χ1) is 9.70. The van der Waals surface area contributed by atoms with Gasteiger partial charge in [-0.15, -0.1) is 0 Å². The second kappa shape index (κ2) is 4.77. The van der Waals surface area contributed by atoms with Crippen LogP contribution < -0.4 is 5.56 Å². The highest BCUT2D eigenvalue weighted by molar-refractivity contribution is 5.91. The van der Waals surface area contributed by atoms with Crippen molar-refractivity contribution in [3.05, 3.63) is 52.4 Å². The summed E-state index contributed by atoms with van der Waals surface area (Å²) < 4.78 is 0. The molecule has 100 valence electrons. The van der Waals surface area contributed by atoms with Gasteiger partial charge in [-0.1, -0.05) is 25.1 Å². The van der Waals surface area contributed by atoms with Crippen molar-refractivity contribution >= 4 is 10.9 Å². The summed E-state index contributed by atoms with van der Waals surface area (Å²) in [5, 5.41) is 10.8. The van der Waals surface area contributed by atoms with E-state index in [0.717, 1.165) is 10.9 Å². The molecule has 0 unspecified atom stereocenters. The number of rotatable bonds is 2. The molecule has 0 aliphatic heterocycles. The maximum Gasteiger partial charge on any atom is 0.258 e. The van der Waals surface area contributed by atoms with Crippen LogP contribution in [0.5, 0.6) is 5.88 Å². The average Bonchev–Trinajstić information content (AvgIpc) is 2.46.